The van der Waals surface area contributed by atoms with Gasteiger partial charge in [-0.05, 0) is 52.0 Å². The third-order valence-electron chi connectivity index (χ3n) is 5.45. The van der Waals surface area contributed by atoms with Crippen molar-refractivity contribution in [3.05, 3.63) is 17.1 Å². The molecule has 2 saturated heterocycles. The Morgan fingerprint density at radius 3 is 2.58 bits per heavy atom. The molecule has 102 valence electrons. The second-order valence-electron chi connectivity index (χ2n) is 6.46. The molecule has 3 aliphatic rings. The number of nitrogen functional groups attached to an aromatic ring is 1. The van der Waals surface area contributed by atoms with E-state index in [0.717, 1.165) is 36.6 Å². The van der Waals surface area contributed by atoms with Crippen molar-refractivity contribution in [3.8, 4) is 0 Å². The topological polar surface area (TPSA) is 55.0 Å². The van der Waals surface area contributed by atoms with Gasteiger partial charge in [-0.25, -0.2) is 9.97 Å². The Hall–Kier alpha value is -1.16. The van der Waals surface area contributed by atoms with Crippen molar-refractivity contribution in [3.63, 3.8) is 0 Å². The third kappa shape index (κ3) is 1.76. The first-order chi connectivity index (χ1) is 9.22. The molecule has 0 radical (unpaired) electrons. The maximum absolute atomic E-state index is 6.13. The minimum Gasteiger partial charge on any atom is -0.383 e. The Kier molecular flexibility index (Phi) is 2.56. The molecule has 1 aromatic rings. The van der Waals surface area contributed by atoms with Crippen LogP contribution in [-0.4, -0.2) is 34.0 Å². The van der Waals surface area contributed by atoms with Crippen LogP contribution >= 0.6 is 0 Å². The van der Waals surface area contributed by atoms with E-state index in [4.69, 9.17) is 10.7 Å². The van der Waals surface area contributed by atoms with E-state index in [1.165, 1.54) is 43.4 Å². The second-order valence-corrected chi connectivity index (χ2v) is 6.46. The lowest BCUT2D eigenvalue weighted by Crippen LogP contribution is -2.39. The van der Waals surface area contributed by atoms with Gasteiger partial charge < -0.3 is 10.6 Å². The highest BCUT2D eigenvalue weighted by atomic mass is 15.2. The number of aromatic nitrogens is 2. The van der Waals surface area contributed by atoms with Crippen LogP contribution in [0, 0.1) is 0 Å². The van der Waals surface area contributed by atoms with Crippen LogP contribution < -0.4 is 5.73 Å². The van der Waals surface area contributed by atoms with E-state index in [9.17, 15) is 0 Å². The fraction of sp³-hybridized carbons (Fsp3) is 0.733. The van der Waals surface area contributed by atoms with Crippen LogP contribution in [0.3, 0.4) is 0 Å². The molecular weight excluding hydrogens is 236 g/mol. The van der Waals surface area contributed by atoms with Gasteiger partial charge in [0.15, 0.2) is 0 Å². The normalized spacial score (nSPS) is 33.6. The van der Waals surface area contributed by atoms with Crippen LogP contribution in [0.4, 0.5) is 5.82 Å². The zero-order valence-electron chi connectivity index (χ0n) is 11.6. The Morgan fingerprint density at radius 2 is 1.84 bits per heavy atom. The summed E-state index contributed by atoms with van der Waals surface area (Å²) in [6, 6.07) is 1.48. The summed E-state index contributed by atoms with van der Waals surface area (Å²) in [4.78, 5) is 12.1. The maximum atomic E-state index is 6.13. The van der Waals surface area contributed by atoms with Gasteiger partial charge in [0.2, 0.25) is 0 Å². The summed E-state index contributed by atoms with van der Waals surface area (Å²) < 4.78 is 0. The lowest BCUT2D eigenvalue weighted by Gasteiger charge is -2.35. The summed E-state index contributed by atoms with van der Waals surface area (Å²) in [5.41, 5.74) is 8.58. The molecule has 3 heterocycles. The van der Waals surface area contributed by atoms with Crippen molar-refractivity contribution in [1.29, 1.82) is 0 Å². The Bertz CT molecular complexity index is 499. The molecule has 2 aliphatic heterocycles. The Morgan fingerprint density at radius 1 is 1.11 bits per heavy atom. The van der Waals surface area contributed by atoms with Gasteiger partial charge in [-0.3, -0.25) is 0 Å². The monoisotopic (exact) mass is 258 g/mol. The van der Waals surface area contributed by atoms with E-state index in [2.05, 4.69) is 16.9 Å². The van der Waals surface area contributed by atoms with E-state index in [1.807, 2.05) is 0 Å². The number of nitrogens with two attached hydrogens (primary N) is 1. The number of fused-ring (bicyclic) bond motifs is 3. The van der Waals surface area contributed by atoms with Gasteiger partial charge in [0.1, 0.15) is 11.6 Å². The molecule has 2 bridgehead atoms. The highest BCUT2D eigenvalue weighted by molar-refractivity contribution is 5.45. The molecule has 4 heteroatoms. The van der Waals surface area contributed by atoms with Crippen molar-refractivity contribution >= 4 is 5.82 Å². The van der Waals surface area contributed by atoms with Crippen LogP contribution in [-0.2, 0) is 12.8 Å². The van der Waals surface area contributed by atoms with Crippen LogP contribution in [0.5, 0.6) is 0 Å². The number of nitrogens with zero attached hydrogens (tertiary/aromatic N) is 3. The van der Waals surface area contributed by atoms with Crippen molar-refractivity contribution in [2.45, 2.75) is 62.9 Å². The molecule has 1 aromatic heterocycles. The SMILES string of the molecule is CN1C2CCC1CC(c1nc(N)c3c(n1)CCC3)C2. The number of piperidine rings is 1. The van der Waals surface area contributed by atoms with Crippen LogP contribution in [0.25, 0.3) is 0 Å². The van der Waals surface area contributed by atoms with Crippen molar-refractivity contribution in [2.24, 2.45) is 0 Å². The highest BCUT2D eigenvalue weighted by Crippen LogP contribution is 2.41. The molecule has 2 N–H and O–H groups in total. The maximum Gasteiger partial charge on any atom is 0.134 e. The molecule has 0 aromatic carbocycles. The minimum atomic E-state index is 0.530. The number of anilines is 1. The summed E-state index contributed by atoms with van der Waals surface area (Å²) in [5.74, 6) is 2.31. The number of hydrogen-bond donors (Lipinski definition) is 1. The van der Waals surface area contributed by atoms with Crippen molar-refractivity contribution < 1.29 is 0 Å². The fourth-order valence-electron chi connectivity index (χ4n) is 4.29. The fourth-order valence-corrected chi connectivity index (χ4v) is 4.29. The number of rotatable bonds is 1. The molecule has 4 nitrogen and oxygen atoms in total. The second kappa shape index (κ2) is 4.17. The quantitative estimate of drug-likeness (QED) is 0.835. The molecule has 0 amide bonds. The number of aryl methyl sites for hydroxylation is 1. The zero-order chi connectivity index (χ0) is 13.0. The van der Waals surface area contributed by atoms with E-state index >= 15 is 0 Å². The van der Waals surface area contributed by atoms with Crippen LogP contribution in [0.1, 0.15) is 55.1 Å². The van der Waals surface area contributed by atoms with Gasteiger partial charge in [0.05, 0.1) is 0 Å². The minimum absolute atomic E-state index is 0.530. The Labute approximate surface area is 114 Å². The first-order valence-electron chi connectivity index (χ1n) is 7.59. The van der Waals surface area contributed by atoms with E-state index in [1.54, 1.807) is 0 Å². The number of hydrogen-bond acceptors (Lipinski definition) is 4. The molecule has 2 atom stereocenters. The van der Waals surface area contributed by atoms with E-state index < -0.39 is 0 Å². The van der Waals surface area contributed by atoms with Gasteiger partial charge in [-0.1, -0.05) is 0 Å². The van der Waals surface area contributed by atoms with Gasteiger partial charge >= 0.3 is 0 Å². The lowest BCUT2D eigenvalue weighted by molar-refractivity contribution is 0.159. The largest absolute Gasteiger partial charge is 0.383 e. The molecule has 2 fully saturated rings. The van der Waals surface area contributed by atoms with Gasteiger partial charge in [-0.15, -0.1) is 0 Å². The molecule has 4 rings (SSSR count). The summed E-state index contributed by atoms with van der Waals surface area (Å²) >= 11 is 0. The zero-order valence-corrected chi connectivity index (χ0v) is 11.6. The average molecular weight is 258 g/mol. The highest BCUT2D eigenvalue weighted by Gasteiger charge is 2.40. The lowest BCUT2D eigenvalue weighted by atomic mass is 9.90. The van der Waals surface area contributed by atoms with Gasteiger partial charge in [0, 0.05) is 29.3 Å². The smallest absolute Gasteiger partial charge is 0.134 e. The predicted molar refractivity (Wildman–Crippen MR) is 75.0 cm³/mol. The summed E-state index contributed by atoms with van der Waals surface area (Å²) in [6.07, 6.45) is 8.47. The Balaban J connectivity index is 1.65. The molecule has 0 spiro atoms. The molecular formula is C15H22N4. The third-order valence-corrected chi connectivity index (χ3v) is 5.45. The summed E-state index contributed by atoms with van der Waals surface area (Å²) in [6.45, 7) is 0. The van der Waals surface area contributed by atoms with Crippen molar-refractivity contribution in [1.82, 2.24) is 14.9 Å². The molecule has 1 aliphatic carbocycles. The van der Waals surface area contributed by atoms with E-state index in [0.29, 0.717) is 5.92 Å². The first kappa shape index (κ1) is 11.6. The van der Waals surface area contributed by atoms with Gasteiger partial charge in [0.25, 0.3) is 0 Å². The average Bonchev–Trinajstić information content (AvgIpc) is 2.92. The van der Waals surface area contributed by atoms with Crippen LogP contribution in [0.15, 0.2) is 0 Å². The molecule has 0 saturated carbocycles. The van der Waals surface area contributed by atoms with Crippen LogP contribution in [0.2, 0.25) is 0 Å². The first-order valence-corrected chi connectivity index (χ1v) is 7.59. The summed E-state index contributed by atoms with van der Waals surface area (Å²) in [5, 5.41) is 0. The summed E-state index contributed by atoms with van der Waals surface area (Å²) in [7, 11) is 2.27. The van der Waals surface area contributed by atoms with Crippen molar-refractivity contribution in [2.75, 3.05) is 12.8 Å². The standard InChI is InChI=1S/C15H22N4/c1-19-10-5-6-11(19)8-9(7-10)15-17-13-4-2-3-12(13)14(16)18-15/h9-11H,2-8H2,1H3,(H2,16,17,18). The molecule has 19 heavy (non-hydrogen) atoms. The predicted octanol–water partition coefficient (Wildman–Crippen LogP) is 1.89. The van der Waals surface area contributed by atoms with E-state index in [-0.39, 0.29) is 0 Å². The molecule has 2 unspecified atom stereocenters. The van der Waals surface area contributed by atoms with Gasteiger partial charge in [-0.2, -0.15) is 0 Å².